The van der Waals surface area contributed by atoms with Gasteiger partial charge in [-0.1, -0.05) is 224 Å². The molecule has 0 bridgehead atoms. The topological polar surface area (TPSA) is 74.6 Å². The minimum Gasteiger partial charge on any atom is -0.396 e. The molecule has 11 aliphatic carbocycles. The van der Waals surface area contributed by atoms with Crippen LogP contribution in [-0.4, -0.2) is 35.5 Å². The number of carbonyl (C=O) groups is 2. The molecule has 0 spiro atoms. The highest BCUT2D eigenvalue weighted by Crippen LogP contribution is 2.64. The molecule has 4 heteroatoms. The van der Waals surface area contributed by atoms with Crippen LogP contribution in [0.2, 0.25) is 0 Å². The predicted octanol–water partition coefficient (Wildman–Crippen LogP) is 23.3. The summed E-state index contributed by atoms with van der Waals surface area (Å²) in [5.41, 5.74) is 6.79. The molecule has 26 atom stereocenters. The first-order chi connectivity index (χ1) is 42.1. The molecule has 0 saturated heterocycles. The number of fused-ring (bicyclic) bond motifs is 5. The zero-order valence-corrected chi connectivity index (χ0v) is 61.8. The monoisotopic (exact) mass is 1230 g/mol. The number of allylic oxidation sites excluding steroid dienone is 6. The third-order valence-electron chi connectivity index (χ3n) is 30.8. The van der Waals surface area contributed by atoms with E-state index in [-0.39, 0.29) is 17.9 Å². The second-order valence-electron chi connectivity index (χ2n) is 36.1. The lowest BCUT2D eigenvalue weighted by atomic mass is 9.59. The average Bonchev–Trinajstić information content (AvgIpc) is 1.93. The molecule has 0 aromatic heterocycles. The van der Waals surface area contributed by atoms with Crippen molar-refractivity contribution in [1.29, 1.82) is 0 Å². The van der Waals surface area contributed by atoms with E-state index in [1.807, 2.05) is 0 Å². The second kappa shape index (κ2) is 32.3. The van der Waals surface area contributed by atoms with Gasteiger partial charge in [-0.05, 0) is 274 Å². The molecule has 11 fully saturated rings. The van der Waals surface area contributed by atoms with E-state index in [0.717, 1.165) is 102 Å². The van der Waals surface area contributed by atoms with Crippen molar-refractivity contribution in [3.8, 4) is 0 Å². The van der Waals surface area contributed by atoms with Crippen LogP contribution >= 0.6 is 0 Å². The summed E-state index contributed by atoms with van der Waals surface area (Å²) in [6, 6.07) is 0. The van der Waals surface area contributed by atoms with Gasteiger partial charge in [0.1, 0.15) is 12.6 Å². The molecule has 11 aliphatic rings. The zero-order valence-electron chi connectivity index (χ0n) is 61.8. The van der Waals surface area contributed by atoms with Gasteiger partial charge in [0.15, 0.2) is 0 Å². The third kappa shape index (κ3) is 16.4. The highest BCUT2D eigenvalue weighted by molar-refractivity contribution is 5.54. The van der Waals surface area contributed by atoms with Crippen molar-refractivity contribution in [2.45, 2.75) is 317 Å². The van der Waals surface area contributed by atoms with Crippen molar-refractivity contribution in [2.75, 3.05) is 6.61 Å². The van der Waals surface area contributed by atoms with Gasteiger partial charge in [-0.3, -0.25) is 0 Å². The summed E-state index contributed by atoms with van der Waals surface area (Å²) in [7, 11) is 0. The number of hydrogen-bond donors (Lipinski definition) is 2. The van der Waals surface area contributed by atoms with E-state index in [9.17, 15) is 19.8 Å². The molecule has 2 N–H and O–H groups in total. The molecule has 0 heterocycles. The molecule has 0 radical (unpaired) electrons. The van der Waals surface area contributed by atoms with E-state index in [4.69, 9.17) is 0 Å². The van der Waals surface area contributed by atoms with Gasteiger partial charge >= 0.3 is 0 Å². The summed E-state index contributed by atoms with van der Waals surface area (Å²) in [5, 5.41) is 19.4. The largest absolute Gasteiger partial charge is 0.396 e. The van der Waals surface area contributed by atoms with Crippen LogP contribution in [0.4, 0.5) is 0 Å². The van der Waals surface area contributed by atoms with Gasteiger partial charge in [0.25, 0.3) is 0 Å². The van der Waals surface area contributed by atoms with Gasteiger partial charge in [0.05, 0.1) is 6.10 Å². The van der Waals surface area contributed by atoms with Crippen molar-refractivity contribution in [3.05, 3.63) is 47.6 Å². The standard InChI is InChI=1S/C28H44O.C15H28.C14H26O.2C14H24O/c1-19(2)20(3)9-10-22(5)26-15-16-27-23(8-7-17-28(26,27)6)12-13-24-18-25(29)14-11-21(24)4;1-5-11(2)13-8-9-14-12(3)7-6-10-15(13,14)4;3*1-10-5-4-8-14(3)12(10)6-7-13(14)11(2)9-15/h9-10,12-13,19-20,22,25-27,29H,4,7-8,11,14-18H2,1-3,5-6H3;11-14H,5-10H2,1-4H3;10-13,15H,4-9H2,1-3H3;2*9-13H,4-8H2,1-3H3/b10-9+,23-12+,24-13-;;;;/t20-,22+,25-,26+,27-,28+;11-,12+,13-,14+,15-;10-,11?,12-,13+,14-;10-,11+,12-,13+,14-;10-,11-,12-,13+,14-/m01000/s1. The van der Waals surface area contributed by atoms with E-state index < -0.39 is 0 Å². The number of aliphatic hydroxyl groups is 2. The van der Waals surface area contributed by atoms with Crippen molar-refractivity contribution < 1.29 is 19.8 Å². The first-order valence-electron chi connectivity index (χ1n) is 39.0. The highest BCUT2D eigenvalue weighted by Gasteiger charge is 2.55. The van der Waals surface area contributed by atoms with Crippen LogP contribution in [0.5, 0.6) is 0 Å². The number of aliphatic hydroxyl groups excluding tert-OH is 2. The van der Waals surface area contributed by atoms with Crippen LogP contribution in [-0.2, 0) is 9.59 Å². The normalized spacial score (nSPS) is 44.4. The first-order valence-corrected chi connectivity index (χ1v) is 39.0. The molecule has 510 valence electrons. The van der Waals surface area contributed by atoms with Crippen LogP contribution in [0.25, 0.3) is 0 Å². The first kappa shape index (κ1) is 74.6. The summed E-state index contributed by atoms with van der Waals surface area (Å²) in [6.07, 6.45) is 50.6. The van der Waals surface area contributed by atoms with Gasteiger partial charge in [0.2, 0.25) is 0 Å². The Labute approximate surface area is 552 Å². The fraction of sp³-hybridized carbons (Fsp3) is 0.882. The van der Waals surface area contributed by atoms with Gasteiger partial charge in [0, 0.05) is 18.4 Å². The van der Waals surface area contributed by atoms with Crippen LogP contribution in [0.1, 0.15) is 311 Å². The lowest BCUT2D eigenvalue weighted by Gasteiger charge is -2.46. The molecule has 1 unspecified atom stereocenters. The van der Waals surface area contributed by atoms with Crippen molar-refractivity contribution in [3.63, 3.8) is 0 Å². The van der Waals surface area contributed by atoms with Gasteiger partial charge in [-0.15, -0.1) is 0 Å². The van der Waals surface area contributed by atoms with Crippen molar-refractivity contribution >= 4 is 12.6 Å². The number of aldehydes is 2. The second-order valence-corrected chi connectivity index (χ2v) is 36.1. The van der Waals surface area contributed by atoms with Crippen LogP contribution in [0.3, 0.4) is 0 Å². The molecule has 89 heavy (non-hydrogen) atoms. The van der Waals surface area contributed by atoms with Gasteiger partial charge in [-0.2, -0.15) is 0 Å². The Bertz CT molecular complexity index is 2220. The molecular weight excluding hydrogens is 1080 g/mol. The summed E-state index contributed by atoms with van der Waals surface area (Å²) in [5.74, 6) is 16.1. The minimum atomic E-state index is -0.182. The summed E-state index contributed by atoms with van der Waals surface area (Å²) >= 11 is 0. The maximum absolute atomic E-state index is 11.0. The van der Waals surface area contributed by atoms with Crippen LogP contribution < -0.4 is 0 Å². The van der Waals surface area contributed by atoms with Gasteiger partial charge in [-0.25, -0.2) is 0 Å². The summed E-state index contributed by atoms with van der Waals surface area (Å²) in [4.78, 5) is 22.0. The Kier molecular flexibility index (Phi) is 27.1. The SMILES string of the molecule is C=C1CC[C@H](O)C/C1=C/C=C1\CCC[C@]2(C)[C@@H]([C@H](C)/C=C/[C@H](C)C(C)C)CC[C@@H]12.CC(CO)[C@H]1CC[C@H]2[C@@H](C)CCC[C@]12C.CC[C@@H](C)[C@H]1CC[C@H]2[C@@H](C)CCC[C@]12C.C[C@@H](C=O)[C@H]1CC[C@H]2[C@@H](C)CCC[C@]12C.C[C@H](C=O)[C@H]1CC[C@H]2[C@@H](C)CCC[C@]12C. The molecular formula is C85H146O4. The van der Waals surface area contributed by atoms with Crippen LogP contribution in [0.15, 0.2) is 47.6 Å². The van der Waals surface area contributed by atoms with Crippen molar-refractivity contribution in [1.82, 2.24) is 0 Å². The lowest BCUT2D eigenvalue weighted by Crippen LogP contribution is -2.38. The zero-order chi connectivity index (χ0) is 65.4. The number of rotatable bonds is 13. The van der Waals surface area contributed by atoms with E-state index in [0.29, 0.717) is 63.3 Å². The molecule has 11 rings (SSSR count). The highest BCUT2D eigenvalue weighted by atomic mass is 16.3. The Morgan fingerprint density at radius 2 is 0.865 bits per heavy atom. The van der Waals surface area contributed by atoms with E-state index in [1.165, 1.54) is 191 Å². The smallest absolute Gasteiger partial charge is 0.123 e. The molecule has 0 aliphatic heterocycles. The summed E-state index contributed by atoms with van der Waals surface area (Å²) < 4.78 is 0. The van der Waals surface area contributed by atoms with Crippen molar-refractivity contribution in [2.24, 2.45) is 151 Å². The van der Waals surface area contributed by atoms with Gasteiger partial charge < -0.3 is 19.8 Å². The van der Waals surface area contributed by atoms with E-state index in [1.54, 1.807) is 5.57 Å². The van der Waals surface area contributed by atoms with E-state index >= 15 is 0 Å². The molecule has 11 saturated carbocycles. The predicted molar refractivity (Wildman–Crippen MR) is 381 cm³/mol. The number of hydrogen-bond acceptors (Lipinski definition) is 4. The van der Waals surface area contributed by atoms with E-state index in [2.05, 4.69) is 156 Å². The quantitative estimate of drug-likeness (QED) is 0.142. The average molecular weight is 1230 g/mol. The minimum absolute atomic E-state index is 0.182. The summed E-state index contributed by atoms with van der Waals surface area (Å²) in [6.45, 7) is 47.7. The lowest BCUT2D eigenvalue weighted by molar-refractivity contribution is -0.114. The molecule has 0 amide bonds. The fourth-order valence-corrected chi connectivity index (χ4v) is 24.9. The Morgan fingerprint density at radius 1 is 0.472 bits per heavy atom. The molecule has 0 aromatic carbocycles. The Balaban J connectivity index is 0.000000164. The number of carbonyl (C=O) groups excluding carboxylic acids is 2. The van der Waals surface area contributed by atoms with Crippen LogP contribution in [0, 0.1) is 151 Å². The maximum atomic E-state index is 11.0. The fourth-order valence-electron chi connectivity index (χ4n) is 24.9. The Morgan fingerprint density at radius 3 is 1.28 bits per heavy atom. The molecule has 0 aromatic rings. The Hall–Kier alpha value is -1.78. The third-order valence-corrected chi connectivity index (χ3v) is 30.8. The molecule has 4 nitrogen and oxygen atoms in total. The maximum Gasteiger partial charge on any atom is 0.123 e.